The van der Waals surface area contributed by atoms with Crippen molar-refractivity contribution in [3.05, 3.63) is 65.2 Å². The first-order valence-electron chi connectivity index (χ1n) is 10.9. The van der Waals surface area contributed by atoms with E-state index in [0.717, 1.165) is 23.3 Å². The fourth-order valence-corrected chi connectivity index (χ4v) is 4.64. The minimum Gasteiger partial charge on any atom is -0.462 e. The lowest BCUT2D eigenvalue weighted by Gasteiger charge is -2.30. The summed E-state index contributed by atoms with van der Waals surface area (Å²) in [5, 5.41) is 4.32. The summed E-state index contributed by atoms with van der Waals surface area (Å²) < 4.78 is 36.3. The molecule has 2 aromatic rings. The van der Waals surface area contributed by atoms with Crippen molar-refractivity contribution in [1.82, 2.24) is 4.83 Å². The van der Waals surface area contributed by atoms with Crippen LogP contribution in [0.2, 0.25) is 0 Å². The van der Waals surface area contributed by atoms with Crippen LogP contribution in [0.1, 0.15) is 60.5 Å². The van der Waals surface area contributed by atoms with E-state index in [4.69, 9.17) is 9.47 Å². The summed E-state index contributed by atoms with van der Waals surface area (Å²) in [6.07, 6.45) is 2.15. The van der Waals surface area contributed by atoms with Gasteiger partial charge in [0.25, 0.3) is 10.0 Å². The third kappa shape index (κ3) is 5.95. The summed E-state index contributed by atoms with van der Waals surface area (Å²) in [6.45, 7) is 6.56. The molecule has 8 heteroatoms. The third-order valence-corrected chi connectivity index (χ3v) is 6.71. The van der Waals surface area contributed by atoms with E-state index < -0.39 is 10.0 Å². The number of hydrogen-bond acceptors (Lipinski definition) is 6. The first-order valence-corrected chi connectivity index (χ1v) is 12.4. The predicted molar refractivity (Wildman–Crippen MR) is 123 cm³/mol. The summed E-state index contributed by atoms with van der Waals surface area (Å²) >= 11 is 0. The molecule has 0 bridgehead atoms. The number of aryl methyl sites for hydroxylation is 1. The van der Waals surface area contributed by atoms with E-state index >= 15 is 0 Å². The number of hydrogen-bond donors (Lipinski definition) is 1. The van der Waals surface area contributed by atoms with Crippen LogP contribution in [0.15, 0.2) is 58.5 Å². The first-order chi connectivity index (χ1) is 15.3. The second kappa shape index (κ2) is 10.7. The molecular weight excluding hydrogens is 428 g/mol. The average molecular weight is 459 g/mol. The van der Waals surface area contributed by atoms with Crippen LogP contribution in [0.5, 0.6) is 0 Å². The molecule has 0 radical (unpaired) electrons. The zero-order chi connectivity index (χ0) is 23.1. The van der Waals surface area contributed by atoms with Gasteiger partial charge in [-0.1, -0.05) is 29.8 Å². The molecule has 172 valence electrons. The zero-order valence-corrected chi connectivity index (χ0v) is 19.5. The highest BCUT2D eigenvalue weighted by molar-refractivity contribution is 7.89. The number of carbonyl (C=O) groups is 1. The third-order valence-electron chi connectivity index (χ3n) is 5.49. The lowest BCUT2D eigenvalue weighted by atomic mass is 9.80. The van der Waals surface area contributed by atoms with Crippen LogP contribution in [0.4, 0.5) is 0 Å². The molecule has 0 aromatic heterocycles. The highest BCUT2D eigenvalue weighted by atomic mass is 32.2. The van der Waals surface area contributed by atoms with Gasteiger partial charge in [-0.15, -0.1) is 0 Å². The summed E-state index contributed by atoms with van der Waals surface area (Å²) in [5.41, 5.74) is 3.17. The van der Waals surface area contributed by atoms with Crippen LogP contribution in [-0.4, -0.2) is 39.4 Å². The maximum atomic E-state index is 12.7. The predicted octanol–water partition coefficient (Wildman–Crippen LogP) is 4.18. The van der Waals surface area contributed by atoms with E-state index in [1.165, 1.54) is 0 Å². The standard InChI is InChI=1S/C24H30N2O5S/c1-4-30-20-12-15-23(25-26-32(28,29)21-13-6-17(3)7-14-21)22(16-20)18-8-10-19(11-9-18)24(27)31-5-2/h6-11,13-14,20,22,26H,4-5,12,15-16H2,1-3H3. The molecule has 0 heterocycles. The number of carbonyl (C=O) groups excluding carboxylic acids is 1. The van der Waals surface area contributed by atoms with E-state index in [2.05, 4.69) is 9.93 Å². The zero-order valence-electron chi connectivity index (χ0n) is 18.7. The number of nitrogens with zero attached hydrogens (tertiary/aromatic N) is 1. The van der Waals surface area contributed by atoms with Crippen LogP contribution in [0.25, 0.3) is 0 Å². The second-order valence-corrected chi connectivity index (χ2v) is 9.42. The molecule has 2 aromatic carbocycles. The van der Waals surface area contributed by atoms with Crippen molar-refractivity contribution in [2.45, 2.75) is 57.0 Å². The van der Waals surface area contributed by atoms with Gasteiger partial charge in [0.05, 0.1) is 23.2 Å². The highest BCUT2D eigenvalue weighted by Gasteiger charge is 2.30. The fourth-order valence-electron chi connectivity index (χ4n) is 3.80. The molecule has 1 N–H and O–H groups in total. The lowest BCUT2D eigenvalue weighted by molar-refractivity contribution is 0.0456. The largest absolute Gasteiger partial charge is 0.462 e. The molecule has 0 spiro atoms. The van der Waals surface area contributed by atoms with E-state index in [-0.39, 0.29) is 22.9 Å². The summed E-state index contributed by atoms with van der Waals surface area (Å²) in [6, 6.07) is 13.8. The van der Waals surface area contributed by atoms with E-state index in [0.29, 0.717) is 31.6 Å². The van der Waals surface area contributed by atoms with Gasteiger partial charge in [-0.05, 0) is 69.9 Å². The molecule has 32 heavy (non-hydrogen) atoms. The van der Waals surface area contributed by atoms with Crippen molar-refractivity contribution in [2.75, 3.05) is 13.2 Å². The lowest BCUT2D eigenvalue weighted by Crippen LogP contribution is -2.31. The minimum atomic E-state index is -3.76. The Bertz CT molecular complexity index is 1050. The monoisotopic (exact) mass is 458 g/mol. The molecule has 0 aliphatic heterocycles. The van der Waals surface area contributed by atoms with E-state index in [1.54, 1.807) is 43.3 Å². The topological polar surface area (TPSA) is 94.1 Å². The Kier molecular flexibility index (Phi) is 8.04. The number of esters is 1. The Balaban J connectivity index is 1.84. The molecule has 1 saturated carbocycles. The normalized spacial score (nSPS) is 20.2. The summed E-state index contributed by atoms with van der Waals surface area (Å²) in [5.74, 6) is -0.480. The molecule has 1 aliphatic rings. The Hall–Kier alpha value is -2.71. The molecule has 0 amide bonds. The Morgan fingerprint density at radius 3 is 2.38 bits per heavy atom. The number of benzene rings is 2. The van der Waals surface area contributed by atoms with Crippen LogP contribution < -0.4 is 4.83 Å². The Morgan fingerprint density at radius 1 is 1.06 bits per heavy atom. The molecular formula is C24H30N2O5S. The average Bonchev–Trinajstić information content (AvgIpc) is 2.79. The van der Waals surface area contributed by atoms with Gasteiger partial charge >= 0.3 is 5.97 Å². The van der Waals surface area contributed by atoms with Gasteiger partial charge in [0, 0.05) is 18.2 Å². The number of sulfonamides is 1. The van der Waals surface area contributed by atoms with Crippen LogP contribution in [-0.2, 0) is 19.5 Å². The molecule has 7 nitrogen and oxygen atoms in total. The second-order valence-electron chi connectivity index (χ2n) is 7.76. The maximum absolute atomic E-state index is 12.7. The molecule has 3 rings (SSSR count). The number of rotatable bonds is 8. The molecule has 1 fully saturated rings. The van der Waals surface area contributed by atoms with Crippen molar-refractivity contribution in [3.8, 4) is 0 Å². The fraction of sp³-hybridized carbons (Fsp3) is 0.417. The van der Waals surface area contributed by atoms with Gasteiger partial charge in [0.15, 0.2) is 0 Å². The Morgan fingerprint density at radius 2 is 1.75 bits per heavy atom. The van der Waals surface area contributed by atoms with Gasteiger partial charge in [0.1, 0.15) is 0 Å². The number of hydrazone groups is 1. The maximum Gasteiger partial charge on any atom is 0.338 e. The molecule has 0 saturated heterocycles. The summed E-state index contributed by atoms with van der Waals surface area (Å²) in [4.78, 5) is 14.5. The smallest absolute Gasteiger partial charge is 0.338 e. The van der Waals surface area contributed by atoms with Gasteiger partial charge in [-0.25, -0.2) is 9.63 Å². The first kappa shape index (κ1) is 23.9. The van der Waals surface area contributed by atoms with Crippen molar-refractivity contribution in [2.24, 2.45) is 5.10 Å². The van der Waals surface area contributed by atoms with Crippen LogP contribution in [0.3, 0.4) is 0 Å². The number of nitrogens with one attached hydrogen (secondary N) is 1. The molecule has 2 unspecified atom stereocenters. The van der Waals surface area contributed by atoms with Crippen LogP contribution >= 0.6 is 0 Å². The quantitative estimate of drug-likeness (QED) is 0.473. The van der Waals surface area contributed by atoms with Crippen molar-refractivity contribution in [3.63, 3.8) is 0 Å². The highest BCUT2D eigenvalue weighted by Crippen LogP contribution is 2.33. The van der Waals surface area contributed by atoms with E-state index in [9.17, 15) is 13.2 Å². The Labute approximate surface area is 189 Å². The summed E-state index contributed by atoms with van der Waals surface area (Å²) in [7, 11) is -3.76. The number of ether oxygens (including phenoxy) is 2. The van der Waals surface area contributed by atoms with Crippen molar-refractivity contribution >= 4 is 21.7 Å². The van der Waals surface area contributed by atoms with E-state index in [1.807, 2.05) is 26.0 Å². The molecule has 2 atom stereocenters. The van der Waals surface area contributed by atoms with Gasteiger partial charge in [-0.3, -0.25) is 0 Å². The SMILES string of the molecule is CCOC(=O)c1ccc(C2CC(OCC)CCC2=NNS(=O)(=O)c2ccc(C)cc2)cc1. The molecule has 1 aliphatic carbocycles. The van der Waals surface area contributed by atoms with Crippen molar-refractivity contribution < 1.29 is 22.7 Å². The minimum absolute atomic E-state index is 0.0717. The van der Waals surface area contributed by atoms with Crippen LogP contribution in [0, 0.1) is 6.92 Å². The van der Waals surface area contributed by atoms with Gasteiger partial charge < -0.3 is 9.47 Å². The van der Waals surface area contributed by atoms with Gasteiger partial charge in [-0.2, -0.15) is 13.5 Å². The van der Waals surface area contributed by atoms with Gasteiger partial charge in [0.2, 0.25) is 0 Å². The van der Waals surface area contributed by atoms with Crippen molar-refractivity contribution in [1.29, 1.82) is 0 Å².